The molecule has 0 amide bonds. The van der Waals surface area contributed by atoms with Gasteiger partial charge < -0.3 is 11.5 Å². The molecule has 156 valence electrons. The predicted octanol–water partition coefficient (Wildman–Crippen LogP) is 6.77. The molecule has 0 atom stereocenters. The molecule has 4 aromatic carbocycles. The van der Waals surface area contributed by atoms with E-state index in [-0.39, 0.29) is 0 Å². The van der Waals surface area contributed by atoms with Crippen molar-refractivity contribution in [1.82, 2.24) is 0 Å². The first-order valence-corrected chi connectivity index (χ1v) is 10.6. The van der Waals surface area contributed by atoms with Gasteiger partial charge in [-0.3, -0.25) is 0 Å². The molecule has 4 N–H and O–H groups in total. The highest BCUT2D eigenvalue weighted by molar-refractivity contribution is 5.93. The quantitative estimate of drug-likeness (QED) is 0.342. The number of nitrogens with two attached hydrogens (primary N) is 2. The molecule has 0 saturated carbocycles. The SMILES string of the molecule is NC(=Cc1ccccc1)c1cccc(C=Cc2ccccc2)c1C(N)=Cc1ccccc1. The van der Waals surface area contributed by atoms with Crippen molar-refractivity contribution >= 4 is 35.7 Å². The Bertz CT molecular complexity index is 1250. The summed E-state index contributed by atoms with van der Waals surface area (Å²) < 4.78 is 0. The van der Waals surface area contributed by atoms with Crippen molar-refractivity contribution in [2.75, 3.05) is 0 Å². The first-order chi connectivity index (χ1) is 15.7. The standard InChI is InChI=1S/C30H26N2/c31-28(21-24-13-6-2-7-14-24)27-18-10-17-26(20-19-23-11-4-1-5-12-23)30(27)29(32)22-25-15-8-3-9-16-25/h1-22H,31-32H2. The predicted molar refractivity (Wildman–Crippen MR) is 139 cm³/mol. The molecule has 0 aliphatic heterocycles. The highest BCUT2D eigenvalue weighted by Crippen LogP contribution is 2.28. The van der Waals surface area contributed by atoms with Crippen molar-refractivity contribution in [1.29, 1.82) is 0 Å². The van der Waals surface area contributed by atoms with E-state index in [4.69, 9.17) is 11.5 Å². The van der Waals surface area contributed by atoms with Crippen molar-refractivity contribution in [3.63, 3.8) is 0 Å². The van der Waals surface area contributed by atoms with Gasteiger partial charge in [-0.05, 0) is 34.4 Å². The average molecular weight is 415 g/mol. The molecule has 2 heteroatoms. The van der Waals surface area contributed by atoms with Gasteiger partial charge in [-0.2, -0.15) is 0 Å². The molecule has 4 aromatic rings. The second-order valence-electron chi connectivity index (χ2n) is 7.53. The zero-order valence-corrected chi connectivity index (χ0v) is 17.9. The maximum Gasteiger partial charge on any atom is 0.0406 e. The third-order valence-electron chi connectivity index (χ3n) is 5.19. The Balaban J connectivity index is 1.83. The lowest BCUT2D eigenvalue weighted by atomic mass is 9.94. The maximum absolute atomic E-state index is 6.67. The fourth-order valence-electron chi connectivity index (χ4n) is 3.63. The van der Waals surface area contributed by atoms with E-state index in [9.17, 15) is 0 Å². The topological polar surface area (TPSA) is 52.0 Å². The van der Waals surface area contributed by atoms with E-state index in [1.807, 2.05) is 103 Å². The van der Waals surface area contributed by atoms with E-state index in [0.717, 1.165) is 33.4 Å². The Hall–Kier alpha value is -4.30. The number of hydrogen-bond acceptors (Lipinski definition) is 2. The van der Waals surface area contributed by atoms with Crippen LogP contribution >= 0.6 is 0 Å². The molecule has 0 aliphatic carbocycles. The fraction of sp³-hybridized carbons (Fsp3) is 0. The highest BCUT2D eigenvalue weighted by atomic mass is 14.6. The van der Waals surface area contributed by atoms with Crippen LogP contribution in [0, 0.1) is 0 Å². The highest BCUT2D eigenvalue weighted by Gasteiger charge is 2.12. The van der Waals surface area contributed by atoms with Gasteiger partial charge in [0.15, 0.2) is 0 Å². The molecule has 0 radical (unpaired) electrons. The van der Waals surface area contributed by atoms with Crippen LogP contribution < -0.4 is 11.5 Å². The van der Waals surface area contributed by atoms with Crippen LogP contribution in [0.3, 0.4) is 0 Å². The summed E-state index contributed by atoms with van der Waals surface area (Å²) in [7, 11) is 0. The van der Waals surface area contributed by atoms with Crippen molar-refractivity contribution in [2.24, 2.45) is 11.5 Å². The van der Waals surface area contributed by atoms with E-state index >= 15 is 0 Å². The molecule has 0 aliphatic rings. The maximum atomic E-state index is 6.67. The Morgan fingerprint density at radius 3 is 1.53 bits per heavy atom. The van der Waals surface area contributed by atoms with Gasteiger partial charge >= 0.3 is 0 Å². The van der Waals surface area contributed by atoms with E-state index in [1.165, 1.54) is 0 Å². The molecule has 0 bridgehead atoms. The largest absolute Gasteiger partial charge is 0.398 e. The van der Waals surface area contributed by atoms with Gasteiger partial charge in [0.05, 0.1) is 0 Å². The fourth-order valence-corrected chi connectivity index (χ4v) is 3.63. The summed E-state index contributed by atoms with van der Waals surface area (Å²) in [6.45, 7) is 0. The molecule has 0 fully saturated rings. The summed E-state index contributed by atoms with van der Waals surface area (Å²) in [6, 6.07) is 36.5. The van der Waals surface area contributed by atoms with Crippen LogP contribution in [-0.4, -0.2) is 0 Å². The molecule has 0 saturated heterocycles. The number of hydrogen-bond donors (Lipinski definition) is 2. The lowest BCUT2D eigenvalue weighted by Crippen LogP contribution is -2.07. The van der Waals surface area contributed by atoms with Crippen molar-refractivity contribution in [3.05, 3.63) is 143 Å². The number of rotatable bonds is 6. The van der Waals surface area contributed by atoms with Gasteiger partial charge in [0, 0.05) is 22.5 Å². The zero-order chi connectivity index (χ0) is 22.2. The normalized spacial score (nSPS) is 12.2. The summed E-state index contributed by atoms with van der Waals surface area (Å²) in [6.07, 6.45) is 8.17. The molecule has 0 aromatic heterocycles. The first-order valence-electron chi connectivity index (χ1n) is 10.6. The third-order valence-corrected chi connectivity index (χ3v) is 5.19. The molecule has 0 spiro atoms. The van der Waals surface area contributed by atoms with Gasteiger partial charge in [-0.25, -0.2) is 0 Å². The summed E-state index contributed by atoms with van der Waals surface area (Å²) in [4.78, 5) is 0. The van der Waals surface area contributed by atoms with Crippen LogP contribution in [0.25, 0.3) is 35.7 Å². The second kappa shape index (κ2) is 10.1. The van der Waals surface area contributed by atoms with Crippen molar-refractivity contribution < 1.29 is 0 Å². The smallest absolute Gasteiger partial charge is 0.0406 e. The molecule has 0 unspecified atom stereocenters. The Morgan fingerprint density at radius 1 is 0.469 bits per heavy atom. The summed E-state index contributed by atoms with van der Waals surface area (Å²) in [5.41, 5.74) is 20.7. The lowest BCUT2D eigenvalue weighted by Gasteiger charge is -2.15. The van der Waals surface area contributed by atoms with Crippen LogP contribution in [-0.2, 0) is 0 Å². The van der Waals surface area contributed by atoms with Crippen LogP contribution in [0.1, 0.15) is 33.4 Å². The molecule has 4 rings (SSSR count). The van der Waals surface area contributed by atoms with Crippen molar-refractivity contribution in [2.45, 2.75) is 0 Å². The van der Waals surface area contributed by atoms with E-state index in [2.05, 4.69) is 30.4 Å². The van der Waals surface area contributed by atoms with Crippen LogP contribution in [0.4, 0.5) is 0 Å². The van der Waals surface area contributed by atoms with E-state index in [1.54, 1.807) is 0 Å². The minimum absolute atomic E-state index is 0.670. The van der Waals surface area contributed by atoms with Crippen LogP contribution in [0.5, 0.6) is 0 Å². The minimum Gasteiger partial charge on any atom is -0.398 e. The van der Waals surface area contributed by atoms with Crippen molar-refractivity contribution in [3.8, 4) is 0 Å². The van der Waals surface area contributed by atoms with Gasteiger partial charge in [0.2, 0.25) is 0 Å². The van der Waals surface area contributed by atoms with E-state index in [0.29, 0.717) is 11.4 Å². The lowest BCUT2D eigenvalue weighted by molar-refractivity contribution is 1.43. The van der Waals surface area contributed by atoms with Crippen LogP contribution in [0.2, 0.25) is 0 Å². The monoisotopic (exact) mass is 414 g/mol. The summed E-state index contributed by atoms with van der Waals surface area (Å²) in [5, 5.41) is 0. The number of benzene rings is 4. The zero-order valence-electron chi connectivity index (χ0n) is 17.9. The van der Waals surface area contributed by atoms with Gasteiger partial charge in [-0.15, -0.1) is 0 Å². The summed E-state index contributed by atoms with van der Waals surface area (Å²) in [5.74, 6) is 0. The Kier molecular flexibility index (Phi) is 6.64. The molecule has 32 heavy (non-hydrogen) atoms. The molecule has 0 heterocycles. The van der Waals surface area contributed by atoms with Gasteiger partial charge in [-0.1, -0.05) is 121 Å². The Labute approximate surface area is 189 Å². The molecular weight excluding hydrogens is 388 g/mol. The molecule has 2 nitrogen and oxygen atoms in total. The first kappa shape index (κ1) is 21.0. The third kappa shape index (κ3) is 5.24. The van der Waals surface area contributed by atoms with Gasteiger partial charge in [0.25, 0.3) is 0 Å². The second-order valence-corrected chi connectivity index (χ2v) is 7.53. The average Bonchev–Trinajstić information content (AvgIpc) is 2.84. The van der Waals surface area contributed by atoms with Gasteiger partial charge in [0.1, 0.15) is 0 Å². The molecular formula is C30H26N2. The van der Waals surface area contributed by atoms with E-state index < -0.39 is 0 Å². The summed E-state index contributed by atoms with van der Waals surface area (Å²) >= 11 is 0. The Morgan fingerprint density at radius 2 is 0.969 bits per heavy atom. The van der Waals surface area contributed by atoms with Crippen LogP contribution in [0.15, 0.2) is 109 Å². The minimum atomic E-state index is 0.670.